The summed E-state index contributed by atoms with van der Waals surface area (Å²) >= 11 is 0. The number of hydrogen-bond donors (Lipinski definition) is 1. The summed E-state index contributed by atoms with van der Waals surface area (Å²) in [4.78, 5) is 2.43. The van der Waals surface area contributed by atoms with E-state index in [-0.39, 0.29) is 5.75 Å². The zero-order valence-corrected chi connectivity index (χ0v) is 38.0. The number of hydrogen-bond acceptors (Lipinski definition) is 2. The van der Waals surface area contributed by atoms with E-state index in [4.69, 9.17) is 0 Å². The van der Waals surface area contributed by atoms with Crippen LogP contribution in [0.1, 0.15) is 22.3 Å². The zero-order chi connectivity index (χ0) is 46.2. The van der Waals surface area contributed by atoms with Crippen molar-refractivity contribution in [3.05, 3.63) is 301 Å². The number of anilines is 3. The average molecular weight is 882 g/mol. The number of benzene rings is 11. The molecule has 2 heteroatoms. The van der Waals surface area contributed by atoms with Gasteiger partial charge in [0.05, 0.1) is 16.8 Å². The first-order valence-corrected chi connectivity index (χ1v) is 23.6. The maximum absolute atomic E-state index is 11.0. The molecule has 69 heavy (non-hydrogen) atoms. The van der Waals surface area contributed by atoms with Gasteiger partial charge >= 0.3 is 0 Å². The minimum atomic E-state index is -0.529. The number of nitrogens with zero attached hydrogens (tertiary/aromatic N) is 1. The first-order chi connectivity index (χ1) is 34.2. The van der Waals surface area contributed by atoms with Crippen LogP contribution >= 0.6 is 0 Å². The zero-order valence-electron chi connectivity index (χ0n) is 38.0. The molecule has 0 saturated carbocycles. The summed E-state index contributed by atoms with van der Waals surface area (Å²) < 4.78 is 0. The van der Waals surface area contributed by atoms with E-state index < -0.39 is 5.41 Å². The minimum Gasteiger partial charge on any atom is -0.507 e. The van der Waals surface area contributed by atoms with E-state index in [1.165, 1.54) is 50.1 Å². The lowest BCUT2D eigenvalue weighted by molar-refractivity contribution is 0.477. The van der Waals surface area contributed by atoms with Gasteiger partial charge in [-0.2, -0.15) is 0 Å². The van der Waals surface area contributed by atoms with Crippen LogP contribution in [0.3, 0.4) is 0 Å². The average Bonchev–Trinajstić information content (AvgIpc) is 3.74. The number of phenols is 1. The van der Waals surface area contributed by atoms with Gasteiger partial charge in [-0.1, -0.05) is 243 Å². The highest BCUT2D eigenvalue weighted by Gasteiger charge is 2.47. The maximum Gasteiger partial charge on any atom is 0.123 e. The highest BCUT2D eigenvalue weighted by molar-refractivity contribution is 6.01. The van der Waals surface area contributed by atoms with E-state index in [0.717, 1.165) is 56.0 Å². The van der Waals surface area contributed by atoms with Gasteiger partial charge in [-0.15, -0.1) is 0 Å². The molecular formula is C67H47NO. The Kier molecular flexibility index (Phi) is 10.6. The molecule has 2 nitrogen and oxygen atoms in total. The summed E-state index contributed by atoms with van der Waals surface area (Å²) in [6.07, 6.45) is 0. The summed E-state index contributed by atoms with van der Waals surface area (Å²) in [6.45, 7) is 0. The molecule has 12 rings (SSSR count). The molecule has 1 aliphatic carbocycles. The molecule has 0 radical (unpaired) electrons. The van der Waals surface area contributed by atoms with Crippen LogP contribution in [0.5, 0.6) is 5.75 Å². The van der Waals surface area contributed by atoms with Crippen LogP contribution < -0.4 is 4.90 Å². The molecule has 0 unspecified atom stereocenters. The quantitative estimate of drug-likeness (QED) is 0.148. The third kappa shape index (κ3) is 7.22. The van der Waals surface area contributed by atoms with Crippen LogP contribution in [0.15, 0.2) is 279 Å². The Morgan fingerprint density at radius 3 is 1.30 bits per heavy atom. The monoisotopic (exact) mass is 881 g/mol. The minimum absolute atomic E-state index is 0.258. The molecule has 1 aliphatic rings. The number of aromatic hydroxyl groups is 1. The number of phenolic OH excluding ortho intramolecular Hbond substituents is 1. The summed E-state index contributed by atoms with van der Waals surface area (Å²) in [5.41, 5.74) is 21.0. The van der Waals surface area contributed by atoms with Gasteiger partial charge < -0.3 is 10.0 Å². The summed E-state index contributed by atoms with van der Waals surface area (Å²) in [5, 5.41) is 11.0. The number of fused-ring (bicyclic) bond motifs is 3. The Morgan fingerprint density at radius 1 is 0.275 bits per heavy atom. The molecule has 0 bridgehead atoms. The van der Waals surface area contributed by atoms with Crippen molar-refractivity contribution < 1.29 is 5.11 Å². The fraction of sp³-hybridized carbons (Fsp3) is 0.0149. The predicted molar refractivity (Wildman–Crippen MR) is 287 cm³/mol. The van der Waals surface area contributed by atoms with E-state index in [1.54, 1.807) is 6.07 Å². The Balaban J connectivity index is 1.06. The van der Waals surface area contributed by atoms with Gasteiger partial charge in [0.1, 0.15) is 5.75 Å². The van der Waals surface area contributed by atoms with Crippen LogP contribution in [-0.2, 0) is 5.41 Å². The fourth-order valence-corrected chi connectivity index (χ4v) is 10.8. The first-order valence-electron chi connectivity index (χ1n) is 23.6. The summed E-state index contributed by atoms with van der Waals surface area (Å²) in [5.74, 6) is 0.258. The standard InChI is InChI=1S/C67H47NO/c69-65-37-17-13-29-57(65)52-23-18-22-51(46-52)56-28-11-15-35-63(56)68(55-44-42-50(43-45-55)49-40-38-48(39-41-49)47-20-4-1-5-21-47)64-36-16-12-30-58(64)59-32-19-34-62-66(59)60-31-10-14-33-61(60)67(62,53-24-6-2-7-25-53)54-26-8-3-9-27-54/h1-46,69H. The Hall–Kier alpha value is -8.98. The SMILES string of the molecule is Oc1ccccc1-c1cccc(-c2ccccc2N(c2ccc(-c3ccc(-c4ccccc4)cc3)cc2)c2ccccc2-c2cccc3c2-c2ccccc2C3(c2ccccc2)c2ccccc2)c1. The lowest BCUT2D eigenvalue weighted by Crippen LogP contribution is -2.28. The second kappa shape index (κ2) is 17.7. The molecule has 0 atom stereocenters. The van der Waals surface area contributed by atoms with Crippen molar-refractivity contribution in [3.8, 4) is 72.5 Å². The van der Waals surface area contributed by atoms with Crippen molar-refractivity contribution in [2.24, 2.45) is 0 Å². The van der Waals surface area contributed by atoms with Gasteiger partial charge in [0, 0.05) is 22.4 Å². The molecule has 0 amide bonds. The topological polar surface area (TPSA) is 23.5 Å². The van der Waals surface area contributed by atoms with Crippen molar-refractivity contribution >= 4 is 17.1 Å². The van der Waals surface area contributed by atoms with Crippen LogP contribution in [0.25, 0.3) is 66.8 Å². The van der Waals surface area contributed by atoms with Gasteiger partial charge in [-0.05, 0) is 109 Å². The first kappa shape index (κ1) is 41.5. The van der Waals surface area contributed by atoms with Crippen molar-refractivity contribution in [2.75, 3.05) is 4.90 Å². The molecular weight excluding hydrogens is 835 g/mol. The third-order valence-electron chi connectivity index (χ3n) is 13.9. The van der Waals surface area contributed by atoms with Crippen LogP contribution in [-0.4, -0.2) is 5.11 Å². The van der Waals surface area contributed by atoms with Crippen molar-refractivity contribution in [3.63, 3.8) is 0 Å². The molecule has 11 aromatic carbocycles. The second-order valence-electron chi connectivity index (χ2n) is 17.7. The third-order valence-corrected chi connectivity index (χ3v) is 13.9. The van der Waals surface area contributed by atoms with Crippen LogP contribution in [0, 0.1) is 0 Å². The lowest BCUT2D eigenvalue weighted by atomic mass is 9.67. The smallest absolute Gasteiger partial charge is 0.123 e. The molecule has 0 heterocycles. The molecule has 11 aromatic rings. The van der Waals surface area contributed by atoms with Crippen molar-refractivity contribution in [2.45, 2.75) is 5.41 Å². The molecule has 0 fully saturated rings. The van der Waals surface area contributed by atoms with Crippen LogP contribution in [0.2, 0.25) is 0 Å². The van der Waals surface area contributed by atoms with Gasteiger partial charge in [-0.25, -0.2) is 0 Å². The van der Waals surface area contributed by atoms with Crippen LogP contribution in [0.4, 0.5) is 17.1 Å². The molecule has 0 spiro atoms. The summed E-state index contributed by atoms with van der Waals surface area (Å²) in [7, 11) is 0. The van der Waals surface area contributed by atoms with E-state index in [1.807, 2.05) is 18.2 Å². The van der Waals surface area contributed by atoms with E-state index in [9.17, 15) is 5.11 Å². The second-order valence-corrected chi connectivity index (χ2v) is 17.7. The number of para-hydroxylation sites is 3. The molecule has 1 N–H and O–H groups in total. The van der Waals surface area contributed by atoms with Crippen molar-refractivity contribution in [1.29, 1.82) is 0 Å². The Bertz CT molecular complexity index is 3560. The predicted octanol–water partition coefficient (Wildman–Crippen LogP) is 17.6. The molecule has 326 valence electrons. The summed E-state index contributed by atoms with van der Waals surface area (Å²) in [6, 6.07) is 100.0. The van der Waals surface area contributed by atoms with Gasteiger partial charge in [0.25, 0.3) is 0 Å². The normalized spacial score (nSPS) is 12.2. The largest absolute Gasteiger partial charge is 0.507 e. The number of rotatable bonds is 10. The molecule has 0 aromatic heterocycles. The highest BCUT2D eigenvalue weighted by Crippen LogP contribution is 2.59. The Morgan fingerprint density at radius 2 is 0.681 bits per heavy atom. The lowest BCUT2D eigenvalue weighted by Gasteiger charge is -2.34. The van der Waals surface area contributed by atoms with E-state index >= 15 is 0 Å². The van der Waals surface area contributed by atoms with Gasteiger partial charge in [0.15, 0.2) is 0 Å². The van der Waals surface area contributed by atoms with Gasteiger partial charge in [0.2, 0.25) is 0 Å². The molecule has 0 saturated heterocycles. The van der Waals surface area contributed by atoms with E-state index in [0.29, 0.717) is 0 Å². The Labute approximate surface area is 404 Å². The highest BCUT2D eigenvalue weighted by atomic mass is 16.3. The molecule has 0 aliphatic heterocycles. The maximum atomic E-state index is 11.0. The van der Waals surface area contributed by atoms with Gasteiger partial charge in [-0.3, -0.25) is 0 Å². The van der Waals surface area contributed by atoms with Crippen molar-refractivity contribution in [1.82, 2.24) is 0 Å². The van der Waals surface area contributed by atoms with E-state index in [2.05, 4.69) is 260 Å². The fourth-order valence-electron chi connectivity index (χ4n) is 10.8.